The van der Waals surface area contributed by atoms with E-state index in [4.69, 9.17) is 10.8 Å². The summed E-state index contributed by atoms with van der Waals surface area (Å²) in [6.45, 7) is 8.11. The maximum atomic E-state index is 8.94. The summed E-state index contributed by atoms with van der Waals surface area (Å²) in [4.78, 5) is 2.31. The second-order valence-corrected chi connectivity index (χ2v) is 3.52. The topological polar surface area (TPSA) is 49.5 Å². The Morgan fingerprint density at radius 2 is 1.85 bits per heavy atom. The number of aliphatic hydroxyl groups excluding tert-OH is 1. The molecule has 3 N–H and O–H groups in total. The lowest BCUT2D eigenvalue weighted by Crippen LogP contribution is -2.46. The standard InChI is InChI=1S/C10H24N2O/c1-4-10(5-2)12(6-7-13)9(3)8-11/h9-10,13H,4-8,11H2,1-3H3. The molecule has 80 valence electrons. The predicted molar refractivity (Wildman–Crippen MR) is 56.7 cm³/mol. The van der Waals surface area contributed by atoms with Crippen molar-refractivity contribution in [1.82, 2.24) is 4.90 Å². The van der Waals surface area contributed by atoms with Crippen LogP contribution in [-0.4, -0.2) is 41.8 Å². The molecular weight excluding hydrogens is 164 g/mol. The molecule has 0 amide bonds. The van der Waals surface area contributed by atoms with Gasteiger partial charge in [-0.1, -0.05) is 13.8 Å². The number of nitrogens with two attached hydrogens (primary N) is 1. The molecule has 0 aliphatic carbocycles. The van der Waals surface area contributed by atoms with Gasteiger partial charge in [0.1, 0.15) is 0 Å². The van der Waals surface area contributed by atoms with E-state index in [2.05, 4.69) is 25.7 Å². The van der Waals surface area contributed by atoms with Gasteiger partial charge < -0.3 is 10.8 Å². The number of nitrogens with zero attached hydrogens (tertiary/aromatic N) is 1. The van der Waals surface area contributed by atoms with Crippen molar-refractivity contribution < 1.29 is 5.11 Å². The van der Waals surface area contributed by atoms with Crippen molar-refractivity contribution >= 4 is 0 Å². The minimum Gasteiger partial charge on any atom is -0.395 e. The monoisotopic (exact) mass is 188 g/mol. The minimum atomic E-state index is 0.223. The Morgan fingerprint density at radius 1 is 1.31 bits per heavy atom. The van der Waals surface area contributed by atoms with E-state index >= 15 is 0 Å². The first-order valence-electron chi connectivity index (χ1n) is 5.27. The summed E-state index contributed by atoms with van der Waals surface area (Å²) in [5, 5.41) is 8.94. The molecule has 0 aromatic heterocycles. The van der Waals surface area contributed by atoms with Crippen LogP contribution in [0.5, 0.6) is 0 Å². The quantitative estimate of drug-likeness (QED) is 0.622. The molecule has 0 radical (unpaired) electrons. The van der Waals surface area contributed by atoms with Gasteiger partial charge in [-0.15, -0.1) is 0 Å². The highest BCUT2D eigenvalue weighted by Gasteiger charge is 2.18. The molecule has 0 saturated carbocycles. The molecular formula is C10H24N2O. The number of hydrogen-bond donors (Lipinski definition) is 2. The van der Waals surface area contributed by atoms with Gasteiger partial charge in [-0.2, -0.15) is 0 Å². The average Bonchev–Trinajstić information content (AvgIpc) is 2.17. The van der Waals surface area contributed by atoms with Gasteiger partial charge in [-0.05, 0) is 19.8 Å². The lowest BCUT2D eigenvalue weighted by Gasteiger charge is -2.34. The van der Waals surface area contributed by atoms with Crippen LogP contribution in [0.25, 0.3) is 0 Å². The average molecular weight is 188 g/mol. The van der Waals surface area contributed by atoms with Crippen LogP contribution in [0.4, 0.5) is 0 Å². The summed E-state index contributed by atoms with van der Waals surface area (Å²) in [6, 6.07) is 0.933. The van der Waals surface area contributed by atoms with Crippen LogP contribution in [0.2, 0.25) is 0 Å². The minimum absolute atomic E-state index is 0.223. The Kier molecular flexibility index (Phi) is 7.23. The number of aliphatic hydroxyl groups is 1. The Bertz CT molecular complexity index is 115. The highest BCUT2D eigenvalue weighted by atomic mass is 16.3. The third-order valence-corrected chi connectivity index (χ3v) is 2.68. The Labute approximate surface area is 81.9 Å². The molecule has 0 aliphatic heterocycles. The van der Waals surface area contributed by atoms with Gasteiger partial charge in [-0.25, -0.2) is 0 Å². The molecule has 3 heteroatoms. The van der Waals surface area contributed by atoms with Gasteiger partial charge in [0.25, 0.3) is 0 Å². The van der Waals surface area contributed by atoms with Crippen LogP contribution < -0.4 is 5.73 Å². The number of rotatable bonds is 7. The summed E-state index contributed by atoms with van der Waals surface area (Å²) < 4.78 is 0. The van der Waals surface area contributed by atoms with Gasteiger partial charge in [0, 0.05) is 25.2 Å². The van der Waals surface area contributed by atoms with E-state index in [9.17, 15) is 0 Å². The van der Waals surface area contributed by atoms with Crippen molar-refractivity contribution in [3.05, 3.63) is 0 Å². The highest BCUT2D eigenvalue weighted by molar-refractivity contribution is 4.75. The first-order chi connectivity index (χ1) is 6.21. The second kappa shape index (κ2) is 7.30. The zero-order chi connectivity index (χ0) is 10.3. The van der Waals surface area contributed by atoms with Gasteiger partial charge in [-0.3, -0.25) is 4.90 Å². The largest absolute Gasteiger partial charge is 0.395 e. The molecule has 0 spiro atoms. The summed E-state index contributed by atoms with van der Waals surface area (Å²) in [7, 11) is 0. The first-order valence-corrected chi connectivity index (χ1v) is 5.27. The van der Waals surface area contributed by atoms with E-state index < -0.39 is 0 Å². The predicted octanol–water partition coefficient (Wildman–Crippen LogP) is 0.817. The van der Waals surface area contributed by atoms with Crippen LogP contribution in [0.1, 0.15) is 33.6 Å². The van der Waals surface area contributed by atoms with Crippen LogP contribution in [0, 0.1) is 0 Å². The third kappa shape index (κ3) is 4.07. The van der Waals surface area contributed by atoms with Gasteiger partial charge in [0.15, 0.2) is 0 Å². The molecule has 1 atom stereocenters. The lowest BCUT2D eigenvalue weighted by atomic mass is 10.1. The fourth-order valence-electron chi connectivity index (χ4n) is 1.77. The van der Waals surface area contributed by atoms with Gasteiger partial charge in [0.2, 0.25) is 0 Å². The van der Waals surface area contributed by atoms with Crippen LogP contribution in [0.15, 0.2) is 0 Å². The van der Waals surface area contributed by atoms with Crippen LogP contribution in [-0.2, 0) is 0 Å². The summed E-state index contributed by atoms with van der Waals surface area (Å²) in [6.07, 6.45) is 2.25. The Balaban J connectivity index is 4.19. The Hall–Kier alpha value is -0.120. The van der Waals surface area contributed by atoms with Crippen LogP contribution in [0.3, 0.4) is 0 Å². The molecule has 3 nitrogen and oxygen atoms in total. The molecule has 0 fully saturated rings. The van der Waals surface area contributed by atoms with E-state index in [1.54, 1.807) is 0 Å². The van der Waals surface area contributed by atoms with E-state index in [-0.39, 0.29) is 6.61 Å². The normalized spacial score (nSPS) is 14.1. The Morgan fingerprint density at radius 3 is 2.15 bits per heavy atom. The third-order valence-electron chi connectivity index (χ3n) is 2.68. The molecule has 0 aliphatic rings. The van der Waals surface area contributed by atoms with Crippen molar-refractivity contribution in [1.29, 1.82) is 0 Å². The molecule has 0 heterocycles. The maximum absolute atomic E-state index is 8.94. The van der Waals surface area contributed by atoms with E-state index in [1.807, 2.05) is 0 Å². The zero-order valence-electron chi connectivity index (χ0n) is 9.16. The first kappa shape index (κ1) is 12.9. The highest BCUT2D eigenvalue weighted by Crippen LogP contribution is 2.11. The molecule has 13 heavy (non-hydrogen) atoms. The van der Waals surface area contributed by atoms with E-state index in [0.717, 1.165) is 19.4 Å². The van der Waals surface area contributed by atoms with E-state index in [0.29, 0.717) is 18.6 Å². The number of hydrogen-bond acceptors (Lipinski definition) is 3. The maximum Gasteiger partial charge on any atom is 0.0558 e. The van der Waals surface area contributed by atoms with Crippen molar-refractivity contribution in [2.75, 3.05) is 19.7 Å². The summed E-state index contributed by atoms with van der Waals surface area (Å²) in [5.41, 5.74) is 5.63. The molecule has 1 unspecified atom stereocenters. The fraction of sp³-hybridized carbons (Fsp3) is 1.00. The van der Waals surface area contributed by atoms with Gasteiger partial charge in [0.05, 0.1) is 6.61 Å². The molecule has 0 aromatic carbocycles. The van der Waals surface area contributed by atoms with E-state index in [1.165, 1.54) is 0 Å². The smallest absolute Gasteiger partial charge is 0.0558 e. The molecule has 0 bridgehead atoms. The second-order valence-electron chi connectivity index (χ2n) is 3.52. The summed E-state index contributed by atoms with van der Waals surface area (Å²) >= 11 is 0. The SMILES string of the molecule is CCC(CC)N(CCO)C(C)CN. The van der Waals surface area contributed by atoms with Crippen molar-refractivity contribution in [3.8, 4) is 0 Å². The van der Waals surface area contributed by atoms with Crippen molar-refractivity contribution in [3.63, 3.8) is 0 Å². The summed E-state index contributed by atoms with van der Waals surface area (Å²) in [5.74, 6) is 0. The fourth-order valence-corrected chi connectivity index (χ4v) is 1.77. The lowest BCUT2D eigenvalue weighted by molar-refractivity contribution is 0.108. The molecule has 0 saturated heterocycles. The molecule has 0 aromatic rings. The zero-order valence-corrected chi connectivity index (χ0v) is 9.16. The molecule has 0 rings (SSSR count). The van der Waals surface area contributed by atoms with Crippen molar-refractivity contribution in [2.24, 2.45) is 5.73 Å². The van der Waals surface area contributed by atoms with Crippen molar-refractivity contribution in [2.45, 2.75) is 45.7 Å². The van der Waals surface area contributed by atoms with Gasteiger partial charge >= 0.3 is 0 Å². The van der Waals surface area contributed by atoms with Crippen LogP contribution >= 0.6 is 0 Å².